The van der Waals surface area contributed by atoms with Crippen molar-refractivity contribution < 1.29 is 0 Å². The van der Waals surface area contributed by atoms with Crippen LogP contribution in [0.15, 0.2) is 18.0 Å². The second kappa shape index (κ2) is 3.34. The van der Waals surface area contributed by atoms with E-state index in [1.807, 2.05) is 24.1 Å². The summed E-state index contributed by atoms with van der Waals surface area (Å²) >= 11 is 0. The molecular formula is C10H15N3. The Morgan fingerprint density at radius 2 is 2.54 bits per heavy atom. The van der Waals surface area contributed by atoms with Gasteiger partial charge in [0.05, 0.1) is 6.20 Å². The summed E-state index contributed by atoms with van der Waals surface area (Å²) in [6, 6.07) is 0.378. The predicted octanol–water partition coefficient (Wildman–Crippen LogP) is 1.31. The largest absolute Gasteiger partial charge is 0.327 e. The summed E-state index contributed by atoms with van der Waals surface area (Å²) in [5, 5.41) is 4.12. The predicted molar refractivity (Wildman–Crippen MR) is 53.0 cm³/mol. The highest BCUT2D eigenvalue weighted by Crippen LogP contribution is 2.25. The molecule has 0 spiro atoms. The first-order chi connectivity index (χ1) is 6.24. The fourth-order valence-corrected chi connectivity index (χ4v) is 1.79. The molecule has 0 aromatic carbocycles. The molecule has 1 heterocycles. The van der Waals surface area contributed by atoms with Crippen LogP contribution >= 0.6 is 0 Å². The summed E-state index contributed by atoms with van der Waals surface area (Å²) < 4.78 is 1.82. The number of aromatic nitrogens is 2. The molecule has 1 aromatic heterocycles. The third-order valence-corrected chi connectivity index (χ3v) is 2.46. The zero-order valence-electron chi connectivity index (χ0n) is 7.90. The fourth-order valence-electron chi connectivity index (χ4n) is 1.79. The van der Waals surface area contributed by atoms with Gasteiger partial charge in [0.1, 0.15) is 0 Å². The molecule has 70 valence electrons. The summed E-state index contributed by atoms with van der Waals surface area (Å²) in [4.78, 5) is 0. The van der Waals surface area contributed by atoms with Gasteiger partial charge in [0, 0.05) is 24.8 Å². The van der Waals surface area contributed by atoms with E-state index in [-0.39, 0.29) is 0 Å². The first-order valence-electron chi connectivity index (χ1n) is 4.68. The van der Waals surface area contributed by atoms with Crippen LogP contribution in [0.25, 0.3) is 6.08 Å². The van der Waals surface area contributed by atoms with Crippen molar-refractivity contribution >= 4 is 6.08 Å². The van der Waals surface area contributed by atoms with E-state index < -0.39 is 0 Å². The molecule has 1 fully saturated rings. The highest BCUT2D eigenvalue weighted by Gasteiger charge is 2.14. The van der Waals surface area contributed by atoms with Crippen LogP contribution in [0.5, 0.6) is 0 Å². The molecule has 13 heavy (non-hydrogen) atoms. The van der Waals surface area contributed by atoms with Crippen LogP contribution in [-0.4, -0.2) is 15.8 Å². The molecular weight excluding hydrogens is 162 g/mol. The van der Waals surface area contributed by atoms with Crippen LogP contribution in [-0.2, 0) is 7.05 Å². The lowest BCUT2D eigenvalue weighted by Gasteiger charge is -1.95. The summed E-state index contributed by atoms with van der Waals surface area (Å²) in [7, 11) is 1.93. The van der Waals surface area contributed by atoms with Gasteiger partial charge < -0.3 is 5.73 Å². The van der Waals surface area contributed by atoms with Crippen molar-refractivity contribution in [2.24, 2.45) is 12.8 Å². The number of hydrogen-bond acceptors (Lipinski definition) is 2. The minimum absolute atomic E-state index is 0.378. The second-order valence-electron chi connectivity index (χ2n) is 3.75. The maximum atomic E-state index is 5.82. The van der Waals surface area contributed by atoms with E-state index in [1.54, 1.807) is 0 Å². The van der Waals surface area contributed by atoms with Crippen molar-refractivity contribution in [2.75, 3.05) is 0 Å². The van der Waals surface area contributed by atoms with Crippen molar-refractivity contribution in [1.29, 1.82) is 0 Å². The molecule has 3 heteroatoms. The fraction of sp³-hybridized carbons (Fsp3) is 0.500. The number of rotatable bonds is 1. The monoisotopic (exact) mass is 177 g/mol. The Labute approximate surface area is 78.2 Å². The van der Waals surface area contributed by atoms with Crippen LogP contribution in [0.3, 0.4) is 0 Å². The Hall–Kier alpha value is -1.09. The summed E-state index contributed by atoms with van der Waals surface area (Å²) in [6.45, 7) is 0. The molecule has 0 saturated heterocycles. The average molecular weight is 177 g/mol. The third-order valence-electron chi connectivity index (χ3n) is 2.46. The van der Waals surface area contributed by atoms with E-state index in [1.165, 1.54) is 11.1 Å². The minimum Gasteiger partial charge on any atom is -0.327 e. The molecule has 1 aliphatic carbocycles. The van der Waals surface area contributed by atoms with Crippen LogP contribution in [0.2, 0.25) is 0 Å². The molecule has 0 radical (unpaired) electrons. The smallest absolute Gasteiger partial charge is 0.0562 e. The number of nitrogens with two attached hydrogens (primary N) is 1. The van der Waals surface area contributed by atoms with Gasteiger partial charge in [-0.1, -0.05) is 11.6 Å². The Kier molecular flexibility index (Phi) is 2.19. The van der Waals surface area contributed by atoms with Gasteiger partial charge >= 0.3 is 0 Å². The lowest BCUT2D eigenvalue weighted by atomic mass is 10.1. The van der Waals surface area contributed by atoms with E-state index in [0.29, 0.717) is 6.04 Å². The number of nitrogens with zero attached hydrogens (tertiary/aromatic N) is 2. The van der Waals surface area contributed by atoms with Crippen LogP contribution in [0.1, 0.15) is 24.8 Å². The lowest BCUT2D eigenvalue weighted by Crippen LogP contribution is -2.13. The average Bonchev–Trinajstić information content (AvgIpc) is 2.62. The Morgan fingerprint density at radius 1 is 1.69 bits per heavy atom. The van der Waals surface area contributed by atoms with E-state index >= 15 is 0 Å². The summed E-state index contributed by atoms with van der Waals surface area (Å²) in [6.07, 6.45) is 9.45. The van der Waals surface area contributed by atoms with Crippen molar-refractivity contribution in [3.05, 3.63) is 23.5 Å². The van der Waals surface area contributed by atoms with Gasteiger partial charge in [-0.05, 0) is 19.3 Å². The van der Waals surface area contributed by atoms with E-state index in [4.69, 9.17) is 5.73 Å². The number of hydrogen-bond donors (Lipinski definition) is 1. The standard InChI is InChI=1S/C10H15N3/c1-13-7-9(6-12-13)4-8-2-3-10(11)5-8/h4,6-7,10H,2-3,5,11H2,1H3. The molecule has 1 aliphatic rings. The van der Waals surface area contributed by atoms with Gasteiger partial charge in [0.15, 0.2) is 0 Å². The molecule has 1 aromatic rings. The molecule has 0 aliphatic heterocycles. The molecule has 1 saturated carbocycles. The highest BCUT2D eigenvalue weighted by atomic mass is 15.2. The number of aryl methyl sites for hydroxylation is 1. The van der Waals surface area contributed by atoms with Crippen molar-refractivity contribution in [3.8, 4) is 0 Å². The topological polar surface area (TPSA) is 43.8 Å². The van der Waals surface area contributed by atoms with E-state index in [0.717, 1.165) is 19.3 Å². The Morgan fingerprint density at radius 3 is 3.08 bits per heavy atom. The molecule has 0 amide bonds. The zero-order chi connectivity index (χ0) is 9.26. The summed E-state index contributed by atoms with van der Waals surface area (Å²) in [5.41, 5.74) is 8.47. The van der Waals surface area contributed by atoms with Gasteiger partial charge in [-0.15, -0.1) is 0 Å². The maximum Gasteiger partial charge on any atom is 0.0562 e. The SMILES string of the molecule is Cn1cc(C=C2CCC(N)C2)cn1. The Bertz CT molecular complexity index is 325. The normalized spacial score (nSPS) is 25.7. The van der Waals surface area contributed by atoms with Crippen LogP contribution in [0.4, 0.5) is 0 Å². The van der Waals surface area contributed by atoms with E-state index in [9.17, 15) is 0 Å². The van der Waals surface area contributed by atoms with Gasteiger partial charge in [0.25, 0.3) is 0 Å². The highest BCUT2D eigenvalue weighted by molar-refractivity contribution is 5.51. The molecule has 1 unspecified atom stereocenters. The van der Waals surface area contributed by atoms with Gasteiger partial charge in [0.2, 0.25) is 0 Å². The van der Waals surface area contributed by atoms with Gasteiger partial charge in [-0.3, -0.25) is 4.68 Å². The maximum absolute atomic E-state index is 5.82. The molecule has 0 bridgehead atoms. The Balaban J connectivity index is 2.12. The van der Waals surface area contributed by atoms with E-state index in [2.05, 4.69) is 11.2 Å². The molecule has 2 rings (SSSR count). The molecule has 1 atom stereocenters. The zero-order valence-corrected chi connectivity index (χ0v) is 7.90. The first-order valence-corrected chi connectivity index (χ1v) is 4.68. The van der Waals surface area contributed by atoms with Gasteiger partial charge in [-0.25, -0.2) is 0 Å². The quantitative estimate of drug-likeness (QED) is 0.703. The van der Waals surface area contributed by atoms with Crippen LogP contribution in [0, 0.1) is 0 Å². The van der Waals surface area contributed by atoms with Crippen molar-refractivity contribution in [2.45, 2.75) is 25.3 Å². The van der Waals surface area contributed by atoms with Gasteiger partial charge in [-0.2, -0.15) is 5.10 Å². The van der Waals surface area contributed by atoms with Crippen LogP contribution < -0.4 is 5.73 Å². The van der Waals surface area contributed by atoms with Crippen molar-refractivity contribution in [1.82, 2.24) is 9.78 Å². The molecule has 2 N–H and O–H groups in total. The third kappa shape index (κ3) is 1.98. The second-order valence-corrected chi connectivity index (χ2v) is 3.75. The lowest BCUT2D eigenvalue weighted by molar-refractivity contribution is 0.711. The minimum atomic E-state index is 0.378. The summed E-state index contributed by atoms with van der Waals surface area (Å²) in [5.74, 6) is 0. The van der Waals surface area contributed by atoms with Crippen molar-refractivity contribution in [3.63, 3.8) is 0 Å². The molecule has 3 nitrogen and oxygen atoms in total. The first kappa shape index (κ1) is 8.51.